The summed E-state index contributed by atoms with van der Waals surface area (Å²) in [5.74, 6) is -0.803. The Morgan fingerprint density at radius 1 is 0.862 bits per heavy atom. The van der Waals surface area contributed by atoms with Crippen molar-refractivity contribution in [1.82, 2.24) is 4.72 Å². The van der Waals surface area contributed by atoms with Crippen LogP contribution in [0, 0.1) is 6.92 Å². The van der Waals surface area contributed by atoms with Gasteiger partial charge >= 0.3 is 0 Å². The summed E-state index contributed by atoms with van der Waals surface area (Å²) in [6.07, 6.45) is 0. The summed E-state index contributed by atoms with van der Waals surface area (Å²) in [6.45, 7) is 1.38. The van der Waals surface area contributed by atoms with Crippen LogP contribution in [0.3, 0.4) is 0 Å². The summed E-state index contributed by atoms with van der Waals surface area (Å²) in [4.78, 5) is 25.2. The second-order valence-corrected chi connectivity index (χ2v) is 8.20. The molecular formula is C22H20N2O4S. The van der Waals surface area contributed by atoms with Crippen molar-refractivity contribution in [2.45, 2.75) is 11.8 Å². The summed E-state index contributed by atoms with van der Waals surface area (Å²) in [5, 5.41) is 2.64. The number of hydrogen-bond donors (Lipinski definition) is 2. The monoisotopic (exact) mass is 408 g/mol. The molecule has 7 heteroatoms. The summed E-state index contributed by atoms with van der Waals surface area (Å²) in [7, 11) is -3.80. The number of ketones is 1. The maximum Gasteiger partial charge on any atom is 0.241 e. The van der Waals surface area contributed by atoms with Crippen molar-refractivity contribution in [3.63, 3.8) is 0 Å². The Labute approximate surface area is 169 Å². The van der Waals surface area contributed by atoms with Gasteiger partial charge in [0.2, 0.25) is 15.9 Å². The molecule has 0 aliphatic carbocycles. The maximum absolute atomic E-state index is 12.8. The molecule has 0 aliphatic rings. The Balaban J connectivity index is 1.75. The van der Waals surface area contributed by atoms with Crippen LogP contribution in [-0.2, 0) is 14.8 Å². The molecule has 0 radical (unpaired) electrons. The fourth-order valence-corrected chi connectivity index (χ4v) is 3.75. The maximum atomic E-state index is 12.8. The zero-order valence-corrected chi connectivity index (χ0v) is 16.6. The molecule has 0 saturated heterocycles. The van der Waals surface area contributed by atoms with Gasteiger partial charge in [-0.1, -0.05) is 54.6 Å². The van der Waals surface area contributed by atoms with Crippen LogP contribution in [0.5, 0.6) is 0 Å². The van der Waals surface area contributed by atoms with Crippen molar-refractivity contribution in [2.75, 3.05) is 11.9 Å². The Kier molecular flexibility index (Phi) is 6.21. The first-order chi connectivity index (χ1) is 13.9. The van der Waals surface area contributed by atoms with Crippen LogP contribution < -0.4 is 10.0 Å². The van der Waals surface area contributed by atoms with Gasteiger partial charge in [0.15, 0.2) is 5.78 Å². The molecule has 0 atom stereocenters. The molecule has 0 aliphatic heterocycles. The lowest BCUT2D eigenvalue weighted by molar-refractivity contribution is -0.115. The molecule has 1 amide bonds. The second kappa shape index (κ2) is 8.81. The Hall–Kier alpha value is -3.29. The number of sulfonamides is 1. The van der Waals surface area contributed by atoms with Crippen molar-refractivity contribution < 1.29 is 18.0 Å². The summed E-state index contributed by atoms with van der Waals surface area (Å²) in [6, 6.07) is 21.6. The molecule has 0 unspecified atom stereocenters. The van der Waals surface area contributed by atoms with E-state index in [-0.39, 0.29) is 10.7 Å². The van der Waals surface area contributed by atoms with Gasteiger partial charge in [-0.25, -0.2) is 13.1 Å². The lowest BCUT2D eigenvalue weighted by atomic mass is 10.00. The number of rotatable bonds is 7. The first-order valence-electron chi connectivity index (χ1n) is 8.92. The minimum atomic E-state index is -3.80. The zero-order chi connectivity index (χ0) is 20.9. The normalized spacial score (nSPS) is 11.1. The van der Waals surface area contributed by atoms with E-state index >= 15 is 0 Å². The summed E-state index contributed by atoms with van der Waals surface area (Å²) in [5.41, 5.74) is 2.02. The van der Waals surface area contributed by atoms with E-state index in [4.69, 9.17) is 0 Å². The highest BCUT2D eigenvalue weighted by atomic mass is 32.2. The largest absolute Gasteiger partial charge is 0.324 e. The molecule has 29 heavy (non-hydrogen) atoms. The van der Waals surface area contributed by atoms with Gasteiger partial charge in [-0.2, -0.15) is 0 Å². The van der Waals surface area contributed by atoms with E-state index in [1.807, 2.05) is 13.0 Å². The molecule has 0 aromatic heterocycles. The minimum absolute atomic E-state index is 0.0725. The molecule has 0 bridgehead atoms. The third kappa shape index (κ3) is 5.16. The van der Waals surface area contributed by atoms with Crippen LogP contribution in [0.2, 0.25) is 0 Å². The molecule has 3 aromatic rings. The van der Waals surface area contributed by atoms with Crippen LogP contribution in [0.25, 0.3) is 0 Å². The number of amides is 1. The number of carbonyl (C=O) groups excluding carboxylic acids is 2. The first kappa shape index (κ1) is 20.4. The molecule has 0 fully saturated rings. The fraction of sp³-hybridized carbons (Fsp3) is 0.0909. The smallest absolute Gasteiger partial charge is 0.241 e. The van der Waals surface area contributed by atoms with Crippen molar-refractivity contribution >= 4 is 27.4 Å². The third-order valence-corrected chi connectivity index (χ3v) is 5.62. The number of hydrogen-bond acceptors (Lipinski definition) is 4. The Bertz CT molecular complexity index is 1130. The van der Waals surface area contributed by atoms with E-state index in [0.29, 0.717) is 16.8 Å². The highest BCUT2D eigenvalue weighted by Crippen LogP contribution is 2.21. The fourth-order valence-electron chi connectivity index (χ4n) is 2.74. The van der Waals surface area contributed by atoms with Crippen LogP contribution in [0.4, 0.5) is 5.69 Å². The average molecular weight is 408 g/mol. The Morgan fingerprint density at radius 2 is 1.48 bits per heavy atom. The number of nitrogens with one attached hydrogen (secondary N) is 2. The van der Waals surface area contributed by atoms with Gasteiger partial charge in [-0.15, -0.1) is 0 Å². The molecule has 2 N–H and O–H groups in total. The number of aryl methyl sites for hydroxylation is 1. The SMILES string of the molecule is Cc1ccc(C(=O)c2ccccc2)c(NC(=O)CNS(=O)(=O)c2ccccc2)c1. The second-order valence-electron chi connectivity index (χ2n) is 6.43. The van der Waals surface area contributed by atoms with E-state index in [1.54, 1.807) is 60.7 Å². The van der Waals surface area contributed by atoms with Gasteiger partial charge in [0, 0.05) is 11.1 Å². The number of benzene rings is 3. The highest BCUT2D eigenvalue weighted by Gasteiger charge is 2.18. The average Bonchev–Trinajstić information content (AvgIpc) is 2.73. The van der Waals surface area contributed by atoms with Crippen molar-refractivity contribution in [1.29, 1.82) is 0 Å². The molecular weight excluding hydrogens is 388 g/mol. The van der Waals surface area contributed by atoms with E-state index in [0.717, 1.165) is 5.56 Å². The predicted molar refractivity (Wildman–Crippen MR) is 111 cm³/mol. The quantitative estimate of drug-likeness (QED) is 0.588. The molecule has 0 heterocycles. The van der Waals surface area contributed by atoms with E-state index in [1.165, 1.54) is 12.1 Å². The van der Waals surface area contributed by atoms with Crippen LogP contribution in [0.15, 0.2) is 83.8 Å². The lowest BCUT2D eigenvalue weighted by Gasteiger charge is -2.12. The molecule has 3 rings (SSSR count). The van der Waals surface area contributed by atoms with Gasteiger partial charge in [-0.3, -0.25) is 9.59 Å². The Morgan fingerprint density at radius 3 is 2.14 bits per heavy atom. The van der Waals surface area contributed by atoms with Crippen molar-refractivity contribution in [3.05, 3.63) is 95.6 Å². The van der Waals surface area contributed by atoms with Crippen LogP contribution >= 0.6 is 0 Å². The zero-order valence-electron chi connectivity index (χ0n) is 15.8. The minimum Gasteiger partial charge on any atom is -0.324 e. The van der Waals surface area contributed by atoms with Gasteiger partial charge in [0.05, 0.1) is 17.1 Å². The third-order valence-electron chi connectivity index (χ3n) is 4.21. The van der Waals surface area contributed by atoms with Crippen LogP contribution in [0.1, 0.15) is 21.5 Å². The molecule has 6 nitrogen and oxygen atoms in total. The lowest BCUT2D eigenvalue weighted by Crippen LogP contribution is -2.33. The van der Waals surface area contributed by atoms with Crippen LogP contribution in [-0.4, -0.2) is 26.7 Å². The van der Waals surface area contributed by atoms with Gasteiger partial charge in [0.1, 0.15) is 0 Å². The van der Waals surface area contributed by atoms with Gasteiger partial charge in [-0.05, 0) is 36.8 Å². The predicted octanol–water partition coefficient (Wildman–Crippen LogP) is 3.14. The topological polar surface area (TPSA) is 92.3 Å². The number of anilines is 1. The van der Waals surface area contributed by atoms with Crippen molar-refractivity contribution in [2.24, 2.45) is 0 Å². The molecule has 0 spiro atoms. The van der Waals surface area contributed by atoms with E-state index < -0.39 is 22.5 Å². The molecule has 0 saturated carbocycles. The standard InChI is InChI=1S/C22H20N2O4S/c1-16-12-13-19(22(26)17-8-4-2-5-9-17)20(14-16)24-21(25)15-23-29(27,28)18-10-6-3-7-11-18/h2-14,23H,15H2,1H3,(H,24,25). The highest BCUT2D eigenvalue weighted by molar-refractivity contribution is 7.89. The summed E-state index contributed by atoms with van der Waals surface area (Å²) < 4.78 is 26.8. The molecule has 3 aromatic carbocycles. The van der Waals surface area contributed by atoms with Gasteiger partial charge < -0.3 is 5.32 Å². The van der Waals surface area contributed by atoms with Gasteiger partial charge in [0.25, 0.3) is 0 Å². The van der Waals surface area contributed by atoms with E-state index in [9.17, 15) is 18.0 Å². The molecule has 148 valence electrons. The van der Waals surface area contributed by atoms with E-state index in [2.05, 4.69) is 10.0 Å². The first-order valence-corrected chi connectivity index (χ1v) is 10.4. The van der Waals surface area contributed by atoms with Crippen molar-refractivity contribution in [3.8, 4) is 0 Å². The summed E-state index contributed by atoms with van der Waals surface area (Å²) >= 11 is 0. The number of carbonyl (C=O) groups is 2.